The van der Waals surface area contributed by atoms with E-state index in [4.69, 9.17) is 12.2 Å². The molecule has 29 heavy (non-hydrogen) atoms. The highest BCUT2D eigenvalue weighted by atomic mass is 32.1. The molecule has 1 aliphatic heterocycles. The molecular formula is C21H22FN5OS. The lowest BCUT2D eigenvalue weighted by Crippen LogP contribution is -2.21. The Morgan fingerprint density at radius 1 is 1.21 bits per heavy atom. The van der Waals surface area contributed by atoms with Gasteiger partial charge in [0, 0.05) is 24.3 Å². The molecule has 1 fully saturated rings. The maximum Gasteiger partial charge on any atom is 0.244 e. The van der Waals surface area contributed by atoms with Gasteiger partial charge in [0.25, 0.3) is 0 Å². The molecule has 2 heterocycles. The second kappa shape index (κ2) is 8.16. The number of hydrogen-bond donors (Lipinski definition) is 2. The minimum Gasteiger partial charge on any atom is -0.369 e. The summed E-state index contributed by atoms with van der Waals surface area (Å²) in [6, 6.07) is 12.6. The lowest BCUT2D eigenvalue weighted by Gasteiger charge is -2.19. The topological polar surface area (TPSA) is 66.0 Å². The van der Waals surface area contributed by atoms with Gasteiger partial charge in [-0.3, -0.25) is 14.5 Å². The zero-order valence-corrected chi connectivity index (χ0v) is 16.9. The lowest BCUT2D eigenvalue weighted by molar-refractivity contribution is -0.116. The number of hydrogen-bond acceptors (Lipinski definition) is 4. The van der Waals surface area contributed by atoms with Gasteiger partial charge >= 0.3 is 0 Å². The van der Waals surface area contributed by atoms with Crippen molar-refractivity contribution in [2.75, 3.05) is 23.3 Å². The number of carbonyl (C=O) groups excluding carboxylic acids is 1. The van der Waals surface area contributed by atoms with Crippen LogP contribution in [-0.4, -0.2) is 33.8 Å². The van der Waals surface area contributed by atoms with Gasteiger partial charge in [-0.05, 0) is 50.2 Å². The first-order valence-corrected chi connectivity index (χ1v) is 9.99. The molecule has 0 saturated carbocycles. The van der Waals surface area contributed by atoms with E-state index in [1.165, 1.54) is 6.07 Å². The largest absolute Gasteiger partial charge is 0.369 e. The first-order valence-electron chi connectivity index (χ1n) is 9.58. The molecule has 6 nitrogen and oxygen atoms in total. The van der Waals surface area contributed by atoms with Crippen LogP contribution in [-0.2, 0) is 11.3 Å². The average molecular weight is 412 g/mol. The van der Waals surface area contributed by atoms with Crippen LogP contribution >= 0.6 is 12.2 Å². The highest BCUT2D eigenvalue weighted by Gasteiger charge is 2.17. The summed E-state index contributed by atoms with van der Waals surface area (Å²) >= 11 is 5.28. The van der Waals surface area contributed by atoms with Crippen LogP contribution in [0.1, 0.15) is 18.4 Å². The minimum absolute atomic E-state index is 0.0198. The highest BCUT2D eigenvalue weighted by Crippen LogP contribution is 2.26. The Bertz CT molecular complexity index is 1080. The summed E-state index contributed by atoms with van der Waals surface area (Å²) in [6.45, 7) is 3.71. The smallest absolute Gasteiger partial charge is 0.244 e. The molecular weight excluding hydrogens is 389 g/mol. The monoisotopic (exact) mass is 411 g/mol. The van der Waals surface area contributed by atoms with Crippen molar-refractivity contribution in [3.8, 4) is 11.4 Å². The quantitative estimate of drug-likeness (QED) is 0.615. The number of H-pyrrole nitrogens is 1. The Morgan fingerprint density at radius 2 is 1.93 bits per heavy atom. The van der Waals surface area contributed by atoms with E-state index >= 15 is 0 Å². The molecule has 1 aliphatic rings. The molecule has 0 aliphatic carbocycles. The van der Waals surface area contributed by atoms with Gasteiger partial charge in [-0.25, -0.2) is 4.39 Å². The van der Waals surface area contributed by atoms with Crippen LogP contribution in [0.2, 0.25) is 0 Å². The van der Waals surface area contributed by atoms with Gasteiger partial charge in [0.15, 0.2) is 10.6 Å². The van der Waals surface area contributed by atoms with Gasteiger partial charge in [-0.2, -0.15) is 5.10 Å². The van der Waals surface area contributed by atoms with Crippen LogP contribution in [0.5, 0.6) is 0 Å². The molecule has 2 aromatic carbocycles. The number of benzene rings is 2. The number of carbonyl (C=O) groups is 1. The first-order chi connectivity index (χ1) is 14.0. The molecule has 1 saturated heterocycles. The molecule has 2 N–H and O–H groups in total. The van der Waals surface area contributed by atoms with Gasteiger partial charge in [-0.1, -0.05) is 29.8 Å². The summed E-state index contributed by atoms with van der Waals surface area (Å²) in [6.07, 6.45) is 2.15. The van der Waals surface area contributed by atoms with Crippen molar-refractivity contribution in [1.29, 1.82) is 0 Å². The van der Waals surface area contributed by atoms with E-state index in [0.717, 1.165) is 37.1 Å². The number of nitrogens with zero attached hydrogens (tertiary/aromatic N) is 3. The van der Waals surface area contributed by atoms with Crippen molar-refractivity contribution >= 4 is 29.5 Å². The van der Waals surface area contributed by atoms with Crippen molar-refractivity contribution in [1.82, 2.24) is 14.8 Å². The van der Waals surface area contributed by atoms with Crippen LogP contribution in [0.3, 0.4) is 0 Å². The van der Waals surface area contributed by atoms with E-state index in [9.17, 15) is 9.18 Å². The molecule has 0 spiro atoms. The predicted octanol–water partition coefficient (Wildman–Crippen LogP) is 4.29. The number of amides is 1. The Balaban J connectivity index is 1.49. The van der Waals surface area contributed by atoms with E-state index in [2.05, 4.69) is 15.5 Å². The van der Waals surface area contributed by atoms with Crippen molar-refractivity contribution in [2.45, 2.75) is 26.3 Å². The molecule has 0 radical (unpaired) electrons. The molecule has 1 aromatic heterocycles. The van der Waals surface area contributed by atoms with Crippen molar-refractivity contribution in [3.05, 3.63) is 58.6 Å². The standard InChI is InChI=1S/C21H22FN5OS/c1-14-4-6-15(7-5-14)20-24-25-21(29)27(20)13-19(28)23-16-8-9-18(17(22)12-16)26-10-2-3-11-26/h4-9,12H,2-3,10-11,13H2,1H3,(H,23,28)(H,25,29). The van der Waals surface area contributed by atoms with Crippen LogP contribution < -0.4 is 10.2 Å². The minimum atomic E-state index is -0.329. The first kappa shape index (κ1) is 19.3. The molecule has 150 valence electrons. The van der Waals surface area contributed by atoms with E-state index in [1.54, 1.807) is 16.7 Å². The summed E-state index contributed by atoms with van der Waals surface area (Å²) in [5, 5.41) is 9.73. The summed E-state index contributed by atoms with van der Waals surface area (Å²) in [7, 11) is 0. The predicted molar refractivity (Wildman–Crippen MR) is 114 cm³/mol. The van der Waals surface area contributed by atoms with Crippen LogP contribution in [0.15, 0.2) is 42.5 Å². The Hall–Kier alpha value is -3.00. The van der Waals surface area contributed by atoms with E-state index < -0.39 is 0 Å². The van der Waals surface area contributed by atoms with Crippen molar-refractivity contribution < 1.29 is 9.18 Å². The number of rotatable bonds is 5. The third-order valence-electron chi connectivity index (χ3n) is 5.05. The summed E-state index contributed by atoms with van der Waals surface area (Å²) in [4.78, 5) is 14.6. The molecule has 8 heteroatoms. The number of nitrogens with one attached hydrogen (secondary N) is 2. The third kappa shape index (κ3) is 4.22. The fraction of sp³-hybridized carbons (Fsp3) is 0.286. The van der Waals surface area contributed by atoms with Crippen LogP contribution in [0, 0.1) is 17.5 Å². The second-order valence-electron chi connectivity index (χ2n) is 7.21. The zero-order chi connectivity index (χ0) is 20.4. The third-order valence-corrected chi connectivity index (χ3v) is 5.36. The Labute approximate surface area is 173 Å². The molecule has 1 amide bonds. The maximum atomic E-state index is 14.5. The molecule has 0 unspecified atom stereocenters. The fourth-order valence-corrected chi connectivity index (χ4v) is 3.73. The van der Waals surface area contributed by atoms with E-state index in [1.807, 2.05) is 36.1 Å². The normalized spacial score (nSPS) is 13.7. The van der Waals surface area contributed by atoms with Crippen molar-refractivity contribution in [2.24, 2.45) is 0 Å². The fourth-order valence-electron chi connectivity index (χ4n) is 3.53. The average Bonchev–Trinajstić information content (AvgIpc) is 3.34. The number of aromatic nitrogens is 3. The van der Waals surface area contributed by atoms with E-state index in [0.29, 0.717) is 22.0 Å². The number of aromatic amines is 1. The van der Waals surface area contributed by atoms with Gasteiger partial charge in [0.2, 0.25) is 5.91 Å². The lowest BCUT2D eigenvalue weighted by atomic mass is 10.1. The zero-order valence-electron chi connectivity index (χ0n) is 16.1. The number of halogens is 1. The SMILES string of the molecule is Cc1ccc(-c2n[nH]c(=S)n2CC(=O)Nc2ccc(N3CCCC3)c(F)c2)cc1. The number of aryl methyl sites for hydroxylation is 1. The van der Waals surface area contributed by atoms with Crippen LogP contribution in [0.25, 0.3) is 11.4 Å². The Morgan fingerprint density at radius 3 is 2.62 bits per heavy atom. The maximum absolute atomic E-state index is 14.5. The Kier molecular flexibility index (Phi) is 5.44. The van der Waals surface area contributed by atoms with Crippen molar-refractivity contribution in [3.63, 3.8) is 0 Å². The van der Waals surface area contributed by atoms with E-state index in [-0.39, 0.29) is 18.3 Å². The molecule has 0 atom stereocenters. The second-order valence-corrected chi connectivity index (χ2v) is 7.60. The molecule has 3 aromatic rings. The summed E-state index contributed by atoms with van der Waals surface area (Å²) in [5.74, 6) is -0.0464. The van der Waals surface area contributed by atoms with Crippen LogP contribution in [0.4, 0.5) is 15.8 Å². The van der Waals surface area contributed by atoms with Gasteiger partial charge in [-0.15, -0.1) is 0 Å². The molecule has 0 bridgehead atoms. The van der Waals surface area contributed by atoms with Gasteiger partial charge in [0.1, 0.15) is 12.4 Å². The highest BCUT2D eigenvalue weighted by molar-refractivity contribution is 7.71. The summed E-state index contributed by atoms with van der Waals surface area (Å²) in [5.41, 5.74) is 2.99. The van der Waals surface area contributed by atoms with Gasteiger partial charge in [0.05, 0.1) is 5.69 Å². The summed E-state index contributed by atoms with van der Waals surface area (Å²) < 4.78 is 16.5. The number of anilines is 2. The molecule has 4 rings (SSSR count). The van der Waals surface area contributed by atoms with Gasteiger partial charge < -0.3 is 10.2 Å².